The standard InChI is InChI=1S/C12H14ClN5O2/c1-7(2)17-11(6-14)15-16-12(17)8-3-9(13)5-10(4-8)18(19)20/h3-5,7H,6,14H2,1-2H3. The Morgan fingerprint density at radius 2 is 2.10 bits per heavy atom. The van der Waals surface area contributed by atoms with Gasteiger partial charge in [-0.25, -0.2) is 0 Å². The highest BCUT2D eigenvalue weighted by molar-refractivity contribution is 6.31. The van der Waals surface area contributed by atoms with Crippen LogP contribution in [0.2, 0.25) is 5.02 Å². The largest absolute Gasteiger partial charge is 0.324 e. The van der Waals surface area contributed by atoms with Gasteiger partial charge in [0.25, 0.3) is 5.69 Å². The monoisotopic (exact) mass is 295 g/mol. The Kier molecular flexibility index (Phi) is 4.01. The summed E-state index contributed by atoms with van der Waals surface area (Å²) in [5, 5.41) is 19.3. The summed E-state index contributed by atoms with van der Waals surface area (Å²) in [5.41, 5.74) is 6.09. The Bertz CT molecular complexity index is 653. The number of non-ortho nitro benzene ring substituents is 1. The molecule has 0 aliphatic rings. The van der Waals surface area contributed by atoms with Gasteiger partial charge in [0.05, 0.1) is 11.5 Å². The maximum Gasteiger partial charge on any atom is 0.271 e. The van der Waals surface area contributed by atoms with Gasteiger partial charge in [0, 0.05) is 28.8 Å². The van der Waals surface area contributed by atoms with E-state index >= 15 is 0 Å². The lowest BCUT2D eigenvalue weighted by Crippen LogP contribution is -2.11. The number of hydrogen-bond donors (Lipinski definition) is 1. The van der Waals surface area contributed by atoms with Crippen molar-refractivity contribution in [1.82, 2.24) is 14.8 Å². The summed E-state index contributed by atoms with van der Waals surface area (Å²) in [6.07, 6.45) is 0. The van der Waals surface area contributed by atoms with Crippen LogP contribution < -0.4 is 5.73 Å². The van der Waals surface area contributed by atoms with Gasteiger partial charge in [-0.15, -0.1) is 10.2 Å². The number of halogens is 1. The van der Waals surface area contributed by atoms with Crippen LogP contribution in [0, 0.1) is 10.1 Å². The molecule has 0 spiro atoms. The number of aromatic nitrogens is 3. The average molecular weight is 296 g/mol. The topological polar surface area (TPSA) is 99.9 Å². The second-order valence-corrected chi connectivity index (χ2v) is 5.00. The van der Waals surface area contributed by atoms with Crippen LogP contribution >= 0.6 is 11.6 Å². The highest BCUT2D eigenvalue weighted by Crippen LogP contribution is 2.29. The fourth-order valence-electron chi connectivity index (χ4n) is 2.01. The zero-order chi connectivity index (χ0) is 14.9. The van der Waals surface area contributed by atoms with E-state index in [1.807, 2.05) is 18.4 Å². The molecule has 1 aromatic carbocycles. The van der Waals surface area contributed by atoms with Crippen LogP contribution in [0.3, 0.4) is 0 Å². The molecule has 0 saturated carbocycles. The normalized spacial score (nSPS) is 11.1. The van der Waals surface area contributed by atoms with Crippen molar-refractivity contribution in [2.24, 2.45) is 5.73 Å². The summed E-state index contributed by atoms with van der Waals surface area (Å²) < 4.78 is 1.84. The van der Waals surface area contributed by atoms with Crippen LogP contribution in [0.15, 0.2) is 18.2 Å². The van der Waals surface area contributed by atoms with Crippen molar-refractivity contribution in [3.8, 4) is 11.4 Å². The van der Waals surface area contributed by atoms with Crippen molar-refractivity contribution < 1.29 is 4.92 Å². The fraction of sp³-hybridized carbons (Fsp3) is 0.333. The predicted octanol–water partition coefficient (Wildman–Crippen LogP) is 2.55. The first kappa shape index (κ1) is 14.4. The van der Waals surface area contributed by atoms with Gasteiger partial charge in [-0.3, -0.25) is 10.1 Å². The van der Waals surface area contributed by atoms with Crippen molar-refractivity contribution in [3.05, 3.63) is 39.2 Å². The summed E-state index contributed by atoms with van der Waals surface area (Å²) in [4.78, 5) is 10.4. The third kappa shape index (κ3) is 2.63. The molecule has 0 aliphatic heterocycles. The van der Waals surface area contributed by atoms with Crippen LogP contribution in [0.5, 0.6) is 0 Å². The lowest BCUT2D eigenvalue weighted by molar-refractivity contribution is -0.384. The molecule has 0 amide bonds. The molecule has 2 N–H and O–H groups in total. The predicted molar refractivity (Wildman–Crippen MR) is 75.4 cm³/mol. The molecule has 2 rings (SSSR count). The zero-order valence-electron chi connectivity index (χ0n) is 11.1. The van der Waals surface area contributed by atoms with E-state index in [0.29, 0.717) is 17.2 Å². The van der Waals surface area contributed by atoms with Crippen LogP contribution in [0.1, 0.15) is 25.7 Å². The third-order valence-electron chi connectivity index (χ3n) is 2.82. The molecule has 0 radical (unpaired) electrons. The fourth-order valence-corrected chi connectivity index (χ4v) is 2.24. The van der Waals surface area contributed by atoms with Crippen LogP contribution in [-0.4, -0.2) is 19.7 Å². The molecule has 0 fully saturated rings. The van der Waals surface area contributed by atoms with Crippen LogP contribution in [0.25, 0.3) is 11.4 Å². The number of nitro groups is 1. The second-order valence-electron chi connectivity index (χ2n) is 4.56. The SMILES string of the molecule is CC(C)n1c(CN)nnc1-c1cc(Cl)cc([N+](=O)[O-])c1. The summed E-state index contributed by atoms with van der Waals surface area (Å²) in [6, 6.07) is 4.43. The van der Waals surface area contributed by atoms with Gasteiger partial charge < -0.3 is 10.3 Å². The maximum atomic E-state index is 10.9. The van der Waals surface area contributed by atoms with Crippen molar-refractivity contribution in [3.63, 3.8) is 0 Å². The lowest BCUT2D eigenvalue weighted by atomic mass is 10.1. The summed E-state index contributed by atoms with van der Waals surface area (Å²) in [7, 11) is 0. The van der Waals surface area contributed by atoms with Crippen molar-refractivity contribution in [2.45, 2.75) is 26.4 Å². The average Bonchev–Trinajstić information content (AvgIpc) is 2.81. The van der Waals surface area contributed by atoms with Crippen LogP contribution in [-0.2, 0) is 6.54 Å². The molecule has 0 unspecified atom stereocenters. The molecule has 106 valence electrons. The van der Waals surface area contributed by atoms with E-state index in [0.717, 1.165) is 0 Å². The Labute approximate surface area is 120 Å². The first-order valence-electron chi connectivity index (χ1n) is 6.03. The molecule has 8 heteroatoms. The van der Waals surface area contributed by atoms with Gasteiger partial charge in [-0.1, -0.05) is 11.6 Å². The molecule has 2 aromatic rings. The number of nitro benzene ring substituents is 1. The molecule has 0 atom stereocenters. The number of benzene rings is 1. The summed E-state index contributed by atoms with van der Waals surface area (Å²) >= 11 is 5.93. The van der Waals surface area contributed by atoms with Gasteiger partial charge in [0.2, 0.25) is 0 Å². The smallest absolute Gasteiger partial charge is 0.271 e. The van der Waals surface area contributed by atoms with Crippen molar-refractivity contribution >= 4 is 17.3 Å². The Hall–Kier alpha value is -1.99. The lowest BCUT2D eigenvalue weighted by Gasteiger charge is -2.13. The molecular weight excluding hydrogens is 282 g/mol. The van der Waals surface area contributed by atoms with E-state index in [4.69, 9.17) is 17.3 Å². The van der Waals surface area contributed by atoms with Gasteiger partial charge in [0.1, 0.15) is 5.82 Å². The Balaban J connectivity index is 2.62. The maximum absolute atomic E-state index is 10.9. The van der Waals surface area contributed by atoms with E-state index in [1.165, 1.54) is 12.1 Å². The van der Waals surface area contributed by atoms with Crippen LogP contribution in [0.4, 0.5) is 5.69 Å². The molecule has 7 nitrogen and oxygen atoms in total. The third-order valence-corrected chi connectivity index (χ3v) is 3.04. The molecule has 20 heavy (non-hydrogen) atoms. The minimum absolute atomic E-state index is 0.0802. The highest BCUT2D eigenvalue weighted by atomic mass is 35.5. The van der Waals surface area contributed by atoms with E-state index in [-0.39, 0.29) is 23.3 Å². The minimum atomic E-state index is -0.491. The minimum Gasteiger partial charge on any atom is -0.324 e. The number of rotatable bonds is 4. The summed E-state index contributed by atoms with van der Waals surface area (Å²) in [6.45, 7) is 4.17. The molecule has 0 aliphatic carbocycles. The molecular formula is C12H14ClN5O2. The molecule has 1 aromatic heterocycles. The molecule has 0 saturated heterocycles. The summed E-state index contributed by atoms with van der Waals surface area (Å²) in [5.74, 6) is 1.14. The van der Waals surface area contributed by atoms with Crippen molar-refractivity contribution in [1.29, 1.82) is 0 Å². The van der Waals surface area contributed by atoms with E-state index in [1.54, 1.807) is 6.07 Å². The molecule has 1 heterocycles. The highest BCUT2D eigenvalue weighted by Gasteiger charge is 2.18. The van der Waals surface area contributed by atoms with Crippen molar-refractivity contribution in [2.75, 3.05) is 0 Å². The van der Waals surface area contributed by atoms with Gasteiger partial charge in [0.15, 0.2) is 5.82 Å². The quantitative estimate of drug-likeness (QED) is 0.690. The first-order valence-corrected chi connectivity index (χ1v) is 6.41. The Morgan fingerprint density at radius 3 is 2.65 bits per heavy atom. The van der Waals surface area contributed by atoms with E-state index in [2.05, 4.69) is 10.2 Å². The Morgan fingerprint density at radius 1 is 1.40 bits per heavy atom. The van der Waals surface area contributed by atoms with E-state index < -0.39 is 4.92 Å². The van der Waals surface area contributed by atoms with Gasteiger partial charge >= 0.3 is 0 Å². The number of nitrogens with zero attached hydrogens (tertiary/aromatic N) is 4. The number of nitrogens with two attached hydrogens (primary N) is 1. The second kappa shape index (κ2) is 5.56. The zero-order valence-corrected chi connectivity index (χ0v) is 11.8. The first-order chi connectivity index (χ1) is 9.43. The van der Waals surface area contributed by atoms with Gasteiger partial charge in [-0.2, -0.15) is 0 Å². The van der Waals surface area contributed by atoms with Gasteiger partial charge in [-0.05, 0) is 19.9 Å². The number of hydrogen-bond acceptors (Lipinski definition) is 5. The molecule has 0 bridgehead atoms. The van der Waals surface area contributed by atoms with E-state index in [9.17, 15) is 10.1 Å².